The zero-order valence-corrected chi connectivity index (χ0v) is 15.5. The first-order valence-electron chi connectivity index (χ1n) is 8.26. The van der Waals surface area contributed by atoms with Crippen LogP contribution in [-0.4, -0.2) is 78.8 Å². The molecule has 0 aliphatic carbocycles. The van der Waals surface area contributed by atoms with Crippen molar-refractivity contribution in [1.29, 1.82) is 5.41 Å². The van der Waals surface area contributed by atoms with Crippen molar-refractivity contribution in [2.45, 2.75) is 29.6 Å². The Bertz CT molecular complexity index is 926. The third kappa shape index (κ3) is 4.11. The third-order valence-corrected chi connectivity index (χ3v) is 4.33. The number of imidazole rings is 1. The van der Waals surface area contributed by atoms with E-state index in [0.717, 1.165) is 0 Å². The number of anilines is 1. The standard InChI is InChI=1S/C15H20N8O4S/c16-14(17)18-3-1-2-4-19-15-21-11-8(12(28)22-15)20-6-23(11)13-10(26)9(25)7(5-24)27-13/h6-7,9-10,13,24-26H,3-5H2,(H4,16,17,18)(H2,19,21,22,28)/t7-,9?,10+,13-/m1/s1. The van der Waals surface area contributed by atoms with Gasteiger partial charge in [-0.25, -0.2) is 9.97 Å². The second-order valence-corrected chi connectivity index (χ2v) is 6.32. The van der Waals surface area contributed by atoms with Gasteiger partial charge in [0, 0.05) is 0 Å². The largest absolute Gasteiger partial charge is 0.394 e. The Morgan fingerprint density at radius 3 is 2.75 bits per heavy atom. The molecule has 8 N–H and O–H groups in total. The molecule has 4 atom stereocenters. The highest BCUT2D eigenvalue weighted by Gasteiger charge is 2.44. The second-order valence-electron chi connectivity index (χ2n) is 5.90. The predicted molar refractivity (Wildman–Crippen MR) is 102 cm³/mol. The third-order valence-electron chi connectivity index (χ3n) is 4.02. The number of thiol groups is 1. The summed E-state index contributed by atoms with van der Waals surface area (Å²) in [5, 5.41) is 42.3. The van der Waals surface area contributed by atoms with Crippen LogP contribution in [0.3, 0.4) is 0 Å². The lowest BCUT2D eigenvalue weighted by Gasteiger charge is -2.16. The molecule has 0 saturated carbocycles. The number of rotatable bonds is 5. The van der Waals surface area contributed by atoms with E-state index in [0.29, 0.717) is 16.2 Å². The summed E-state index contributed by atoms with van der Waals surface area (Å²) in [5.41, 5.74) is 5.88. The van der Waals surface area contributed by atoms with Gasteiger partial charge >= 0.3 is 0 Å². The van der Waals surface area contributed by atoms with Gasteiger partial charge in [0.25, 0.3) is 0 Å². The van der Waals surface area contributed by atoms with Crippen molar-refractivity contribution in [2.75, 3.05) is 25.0 Å². The van der Waals surface area contributed by atoms with E-state index in [9.17, 15) is 15.3 Å². The molecule has 0 spiro atoms. The van der Waals surface area contributed by atoms with Crippen molar-refractivity contribution in [3.8, 4) is 11.8 Å². The molecule has 2 aromatic heterocycles. The highest BCUT2D eigenvalue weighted by Crippen LogP contribution is 2.32. The molecule has 3 heterocycles. The Labute approximate surface area is 165 Å². The van der Waals surface area contributed by atoms with Crippen molar-refractivity contribution in [3.63, 3.8) is 0 Å². The van der Waals surface area contributed by atoms with Gasteiger partial charge < -0.3 is 36.4 Å². The molecule has 150 valence electrons. The number of ether oxygens (including phenoxy) is 1. The normalized spacial score (nSPS) is 24.0. The predicted octanol–water partition coefficient (Wildman–Crippen LogP) is -2.38. The molecular weight excluding hydrogens is 388 g/mol. The Morgan fingerprint density at radius 2 is 2.07 bits per heavy atom. The monoisotopic (exact) mass is 408 g/mol. The van der Waals surface area contributed by atoms with E-state index < -0.39 is 31.1 Å². The van der Waals surface area contributed by atoms with Gasteiger partial charge in [-0.1, -0.05) is 11.8 Å². The Kier molecular flexibility index (Phi) is 6.17. The fraction of sp³-hybridized carbons (Fsp3) is 0.467. The van der Waals surface area contributed by atoms with Gasteiger partial charge in [0.1, 0.15) is 28.9 Å². The van der Waals surface area contributed by atoms with Crippen molar-refractivity contribution in [1.82, 2.24) is 24.8 Å². The first kappa shape index (κ1) is 20.1. The van der Waals surface area contributed by atoms with Gasteiger partial charge in [0.05, 0.1) is 26.0 Å². The smallest absolute Gasteiger partial charge is 0.226 e. The molecular formula is C15H20N8O4S. The Morgan fingerprint density at radius 1 is 1.32 bits per heavy atom. The average Bonchev–Trinajstić information content (AvgIpc) is 3.20. The van der Waals surface area contributed by atoms with Crippen molar-refractivity contribution >= 4 is 35.7 Å². The number of aromatic nitrogens is 4. The van der Waals surface area contributed by atoms with Crippen LogP contribution in [0.15, 0.2) is 11.4 Å². The van der Waals surface area contributed by atoms with Gasteiger partial charge in [0.2, 0.25) is 5.95 Å². The number of nitrogens with two attached hydrogens (primary N) is 1. The molecule has 2 aromatic rings. The number of hydrogen-bond acceptors (Lipinski definition) is 10. The zero-order valence-electron chi connectivity index (χ0n) is 14.6. The molecule has 12 nitrogen and oxygen atoms in total. The van der Waals surface area contributed by atoms with E-state index in [2.05, 4.69) is 50.1 Å². The molecule has 28 heavy (non-hydrogen) atoms. The molecule has 1 saturated heterocycles. The maximum Gasteiger partial charge on any atom is 0.226 e. The van der Waals surface area contributed by atoms with Crippen molar-refractivity contribution < 1.29 is 20.1 Å². The topological polar surface area (TPSA) is 187 Å². The molecule has 0 bridgehead atoms. The van der Waals surface area contributed by atoms with Crippen LogP contribution in [0.25, 0.3) is 11.2 Å². The van der Waals surface area contributed by atoms with E-state index in [4.69, 9.17) is 15.9 Å². The number of nitrogens with zero attached hydrogens (tertiary/aromatic N) is 4. The number of fused-ring (bicyclic) bond motifs is 1. The highest BCUT2D eigenvalue weighted by molar-refractivity contribution is 7.80. The van der Waals surface area contributed by atoms with Crippen LogP contribution >= 0.6 is 12.6 Å². The van der Waals surface area contributed by atoms with Crippen LogP contribution in [0.2, 0.25) is 0 Å². The fourth-order valence-corrected chi connectivity index (χ4v) is 2.92. The number of guanidine groups is 1. The summed E-state index contributed by atoms with van der Waals surface area (Å²) < 4.78 is 6.97. The minimum atomic E-state index is -1.26. The minimum Gasteiger partial charge on any atom is -0.394 e. The van der Waals surface area contributed by atoms with E-state index in [-0.39, 0.29) is 25.0 Å². The fourth-order valence-electron chi connectivity index (χ4n) is 2.66. The van der Waals surface area contributed by atoms with Crippen LogP contribution in [0.5, 0.6) is 0 Å². The van der Waals surface area contributed by atoms with Crippen molar-refractivity contribution in [2.24, 2.45) is 5.73 Å². The van der Waals surface area contributed by atoms with Gasteiger partial charge in [-0.3, -0.25) is 9.98 Å². The van der Waals surface area contributed by atoms with Crippen LogP contribution in [0.4, 0.5) is 5.95 Å². The number of aliphatic hydroxyl groups excluding tert-OH is 3. The molecule has 0 aromatic carbocycles. The van der Waals surface area contributed by atoms with Gasteiger partial charge in [0.15, 0.2) is 17.8 Å². The average molecular weight is 408 g/mol. The lowest BCUT2D eigenvalue weighted by Crippen LogP contribution is -2.33. The zero-order chi connectivity index (χ0) is 20.3. The summed E-state index contributed by atoms with van der Waals surface area (Å²) in [5.74, 6) is 5.67. The summed E-state index contributed by atoms with van der Waals surface area (Å²) >= 11 is 4.31. The first-order valence-corrected chi connectivity index (χ1v) is 8.70. The Hall–Kier alpha value is -2.63. The number of nitrogens with one attached hydrogen (secondary N) is 3. The maximum atomic E-state index is 10.2. The molecule has 1 aliphatic rings. The van der Waals surface area contributed by atoms with Crippen LogP contribution < -0.4 is 16.4 Å². The lowest BCUT2D eigenvalue weighted by atomic mass is 10.1. The quantitative estimate of drug-likeness (QED) is 0.0873. The summed E-state index contributed by atoms with van der Waals surface area (Å²) in [7, 11) is 0. The lowest BCUT2D eigenvalue weighted by molar-refractivity contribution is -0.0511. The summed E-state index contributed by atoms with van der Waals surface area (Å²) in [6.45, 7) is 0.0468. The van der Waals surface area contributed by atoms with Gasteiger partial charge in [-0.05, 0) is 0 Å². The van der Waals surface area contributed by atoms with Gasteiger partial charge in [-0.15, -0.1) is 12.6 Å². The number of aliphatic hydroxyl groups is 3. The van der Waals surface area contributed by atoms with Crippen LogP contribution in [0.1, 0.15) is 6.23 Å². The molecule has 0 amide bonds. The maximum absolute atomic E-state index is 10.2. The summed E-state index contributed by atoms with van der Waals surface area (Å²) in [6.07, 6.45) is -2.97. The first-order chi connectivity index (χ1) is 13.4. The van der Waals surface area contributed by atoms with E-state index >= 15 is 0 Å². The Balaban J connectivity index is 1.78. The highest BCUT2D eigenvalue weighted by atomic mass is 32.1. The summed E-state index contributed by atoms with van der Waals surface area (Å²) in [4.78, 5) is 12.7. The molecule has 13 heteroatoms. The molecule has 1 unspecified atom stereocenters. The molecule has 1 aliphatic heterocycles. The summed E-state index contributed by atoms with van der Waals surface area (Å²) in [6, 6.07) is 0. The minimum absolute atomic E-state index is 0.158. The molecule has 0 radical (unpaired) electrons. The van der Waals surface area contributed by atoms with E-state index in [1.54, 1.807) is 0 Å². The van der Waals surface area contributed by atoms with E-state index in [1.807, 2.05) is 0 Å². The van der Waals surface area contributed by atoms with Crippen LogP contribution in [0, 0.1) is 17.3 Å². The van der Waals surface area contributed by atoms with Crippen molar-refractivity contribution in [3.05, 3.63) is 6.33 Å². The molecule has 3 rings (SSSR count). The van der Waals surface area contributed by atoms with E-state index in [1.165, 1.54) is 10.9 Å². The van der Waals surface area contributed by atoms with Gasteiger partial charge in [-0.2, -0.15) is 4.98 Å². The van der Waals surface area contributed by atoms with Crippen LogP contribution in [-0.2, 0) is 4.74 Å². The molecule has 1 fully saturated rings. The number of hydrogen-bond donors (Lipinski definition) is 8. The second kappa shape index (κ2) is 8.59. The SMILES string of the molecule is N=C(N)NCC#CCNc1nc(S)c2ncn([C@@H]3O[C@H](CO)C(O)[C@@H]3O)c2n1.